The maximum atomic E-state index is 13.5. The van der Waals surface area contributed by atoms with Crippen LogP contribution in [0.5, 0.6) is 11.5 Å². The summed E-state index contributed by atoms with van der Waals surface area (Å²) in [6.07, 6.45) is 7.72. The molecule has 158 valence electrons. The molecule has 0 atom stereocenters. The van der Waals surface area contributed by atoms with Gasteiger partial charge in [0.1, 0.15) is 0 Å². The van der Waals surface area contributed by atoms with E-state index in [1.807, 2.05) is 6.07 Å². The first kappa shape index (κ1) is 19.5. The lowest BCUT2D eigenvalue weighted by molar-refractivity contribution is -0.159. The number of halogens is 1. The van der Waals surface area contributed by atoms with Crippen molar-refractivity contribution in [2.45, 2.75) is 45.1 Å². The number of carbonyl (C=O) groups is 1. The zero-order valence-electron chi connectivity index (χ0n) is 17.0. The van der Waals surface area contributed by atoms with Gasteiger partial charge in [-0.2, -0.15) is 0 Å². The van der Waals surface area contributed by atoms with E-state index in [-0.39, 0.29) is 17.8 Å². The minimum atomic E-state index is 0. The molecule has 6 heteroatoms. The molecule has 1 saturated heterocycles. The molecule has 2 aliphatic heterocycles. The third kappa shape index (κ3) is 3.40. The van der Waals surface area contributed by atoms with E-state index in [2.05, 4.69) is 21.9 Å². The minimum absolute atomic E-state index is 0. The quantitative estimate of drug-likeness (QED) is 0.750. The Morgan fingerprint density at radius 1 is 0.931 bits per heavy atom. The fraction of sp³-hybridized carbons (Fsp3) is 0.696. The number of hydrogen-bond acceptors (Lipinski definition) is 4. The lowest BCUT2D eigenvalue weighted by atomic mass is 9.49. The molecular weight excluding hydrogens is 388 g/mol. The van der Waals surface area contributed by atoms with Crippen LogP contribution in [0.25, 0.3) is 0 Å². The molecule has 0 unspecified atom stereocenters. The number of hydrogen-bond donors (Lipinski definition) is 0. The summed E-state index contributed by atoms with van der Waals surface area (Å²) in [5, 5.41) is 0. The Labute approximate surface area is 179 Å². The Balaban J connectivity index is 0.00000181. The number of benzene rings is 1. The van der Waals surface area contributed by atoms with Crippen LogP contribution >= 0.6 is 12.4 Å². The highest BCUT2D eigenvalue weighted by Gasteiger charge is 2.55. The molecule has 4 bridgehead atoms. The Hall–Kier alpha value is -1.46. The van der Waals surface area contributed by atoms with Gasteiger partial charge in [-0.15, -0.1) is 12.4 Å². The Kier molecular flexibility index (Phi) is 4.94. The van der Waals surface area contributed by atoms with Crippen molar-refractivity contribution in [2.75, 3.05) is 33.0 Å². The fourth-order valence-electron chi connectivity index (χ4n) is 7.11. The lowest BCUT2D eigenvalue weighted by Gasteiger charge is -2.57. The lowest BCUT2D eigenvalue weighted by Crippen LogP contribution is -2.58. The van der Waals surface area contributed by atoms with Crippen LogP contribution in [-0.4, -0.2) is 48.7 Å². The summed E-state index contributed by atoms with van der Waals surface area (Å²) in [6, 6.07) is 6.22. The molecule has 0 N–H and O–H groups in total. The van der Waals surface area contributed by atoms with Crippen LogP contribution in [0.2, 0.25) is 0 Å². The van der Waals surface area contributed by atoms with Crippen molar-refractivity contribution in [1.29, 1.82) is 0 Å². The Morgan fingerprint density at radius 3 is 2.21 bits per heavy atom. The van der Waals surface area contributed by atoms with Crippen molar-refractivity contribution in [3.05, 3.63) is 23.8 Å². The number of piperazine rings is 1. The van der Waals surface area contributed by atoms with E-state index in [4.69, 9.17) is 9.47 Å². The van der Waals surface area contributed by atoms with Gasteiger partial charge < -0.3 is 14.4 Å². The second-order valence-electron chi connectivity index (χ2n) is 9.95. The molecule has 5 fully saturated rings. The van der Waals surface area contributed by atoms with E-state index in [0.717, 1.165) is 62.0 Å². The summed E-state index contributed by atoms with van der Waals surface area (Å²) in [5.41, 5.74) is 1.26. The summed E-state index contributed by atoms with van der Waals surface area (Å²) < 4.78 is 10.9. The van der Waals surface area contributed by atoms with E-state index in [1.54, 1.807) is 0 Å². The summed E-state index contributed by atoms with van der Waals surface area (Å²) in [5.74, 6) is 4.70. The van der Waals surface area contributed by atoms with Gasteiger partial charge in [-0.25, -0.2) is 0 Å². The first-order valence-corrected chi connectivity index (χ1v) is 11.1. The number of amides is 1. The van der Waals surface area contributed by atoms with Gasteiger partial charge in [-0.1, -0.05) is 6.07 Å². The first-order valence-electron chi connectivity index (χ1n) is 11.1. The predicted octanol–water partition coefficient (Wildman–Crippen LogP) is 3.70. The molecule has 6 aliphatic rings. The molecule has 7 rings (SSSR count). The van der Waals surface area contributed by atoms with Gasteiger partial charge in [0, 0.05) is 32.7 Å². The maximum Gasteiger partial charge on any atom is 0.231 e. The van der Waals surface area contributed by atoms with Crippen molar-refractivity contribution < 1.29 is 14.3 Å². The summed E-state index contributed by atoms with van der Waals surface area (Å²) >= 11 is 0. The molecule has 0 spiro atoms. The van der Waals surface area contributed by atoms with Crippen molar-refractivity contribution in [2.24, 2.45) is 23.2 Å². The monoisotopic (exact) mass is 418 g/mol. The first-order chi connectivity index (χ1) is 13.7. The highest BCUT2D eigenvalue weighted by molar-refractivity contribution is 5.85. The Morgan fingerprint density at radius 2 is 1.55 bits per heavy atom. The van der Waals surface area contributed by atoms with E-state index in [1.165, 1.54) is 44.1 Å². The normalized spacial score (nSPS) is 34.9. The van der Waals surface area contributed by atoms with Gasteiger partial charge in [-0.05, 0) is 74.0 Å². The smallest absolute Gasteiger partial charge is 0.231 e. The van der Waals surface area contributed by atoms with Gasteiger partial charge in [0.05, 0.1) is 5.41 Å². The van der Waals surface area contributed by atoms with Crippen molar-refractivity contribution in [3.8, 4) is 11.5 Å². The van der Waals surface area contributed by atoms with Crippen LogP contribution < -0.4 is 9.47 Å². The SMILES string of the molecule is Cl.O=C(N1CCN(Cc2ccc3c(c2)OCO3)CC1)C12CC3CC(CC(C3)C1)C2. The second-order valence-corrected chi connectivity index (χ2v) is 9.95. The largest absolute Gasteiger partial charge is 0.454 e. The molecule has 0 radical (unpaired) electrons. The van der Waals surface area contributed by atoms with E-state index >= 15 is 0 Å². The molecule has 4 saturated carbocycles. The molecule has 29 heavy (non-hydrogen) atoms. The fourth-order valence-corrected chi connectivity index (χ4v) is 7.11. The number of rotatable bonds is 3. The van der Waals surface area contributed by atoms with E-state index in [9.17, 15) is 4.79 Å². The summed E-state index contributed by atoms with van der Waals surface area (Å²) in [7, 11) is 0. The van der Waals surface area contributed by atoms with Crippen molar-refractivity contribution in [3.63, 3.8) is 0 Å². The number of ether oxygens (including phenoxy) is 2. The number of carbonyl (C=O) groups excluding carboxylic acids is 1. The van der Waals surface area contributed by atoms with Crippen LogP contribution in [0, 0.1) is 23.2 Å². The van der Waals surface area contributed by atoms with Gasteiger partial charge >= 0.3 is 0 Å². The van der Waals surface area contributed by atoms with Crippen molar-refractivity contribution >= 4 is 18.3 Å². The third-order valence-electron chi connectivity index (χ3n) is 7.99. The average Bonchev–Trinajstić information content (AvgIpc) is 3.15. The number of fused-ring (bicyclic) bond motifs is 1. The highest BCUT2D eigenvalue weighted by atomic mass is 35.5. The second kappa shape index (κ2) is 7.35. The van der Waals surface area contributed by atoms with Crippen LogP contribution in [0.1, 0.15) is 44.1 Å². The van der Waals surface area contributed by atoms with Gasteiger partial charge in [0.15, 0.2) is 11.5 Å². The van der Waals surface area contributed by atoms with Crippen LogP contribution in [0.4, 0.5) is 0 Å². The summed E-state index contributed by atoms with van der Waals surface area (Å²) in [4.78, 5) is 18.2. The van der Waals surface area contributed by atoms with E-state index in [0.29, 0.717) is 12.7 Å². The van der Waals surface area contributed by atoms with Crippen molar-refractivity contribution in [1.82, 2.24) is 9.80 Å². The molecule has 1 amide bonds. The standard InChI is InChI=1S/C23H30N2O3.ClH/c26-22(23-11-17-7-18(12-23)9-19(8-17)13-23)25-5-3-24(4-6-25)14-16-1-2-20-21(10-16)28-15-27-20;/h1-2,10,17-19H,3-9,11-15H2;1H. The molecule has 0 aromatic heterocycles. The molecule has 2 heterocycles. The van der Waals surface area contributed by atoms with Gasteiger partial charge in [-0.3, -0.25) is 9.69 Å². The predicted molar refractivity (Wildman–Crippen MR) is 112 cm³/mol. The zero-order valence-corrected chi connectivity index (χ0v) is 17.8. The molecule has 5 nitrogen and oxygen atoms in total. The Bertz CT molecular complexity index is 755. The molecule has 1 aromatic rings. The minimum Gasteiger partial charge on any atom is -0.454 e. The van der Waals surface area contributed by atoms with Crippen LogP contribution in [0.3, 0.4) is 0 Å². The summed E-state index contributed by atoms with van der Waals surface area (Å²) in [6.45, 7) is 4.93. The van der Waals surface area contributed by atoms with E-state index < -0.39 is 0 Å². The van der Waals surface area contributed by atoms with Crippen LogP contribution in [0.15, 0.2) is 18.2 Å². The highest BCUT2D eigenvalue weighted by Crippen LogP contribution is 2.60. The van der Waals surface area contributed by atoms with Gasteiger partial charge in [0.2, 0.25) is 12.7 Å². The van der Waals surface area contributed by atoms with Gasteiger partial charge in [0.25, 0.3) is 0 Å². The molecule has 4 aliphatic carbocycles. The third-order valence-corrected chi connectivity index (χ3v) is 7.99. The molecule has 1 aromatic carbocycles. The number of nitrogens with zero attached hydrogens (tertiary/aromatic N) is 2. The average molecular weight is 419 g/mol. The molecular formula is C23H31ClN2O3. The topological polar surface area (TPSA) is 42.0 Å². The zero-order chi connectivity index (χ0) is 18.7. The van der Waals surface area contributed by atoms with Crippen LogP contribution in [-0.2, 0) is 11.3 Å². The maximum absolute atomic E-state index is 13.5.